The van der Waals surface area contributed by atoms with E-state index in [1.807, 2.05) is 5.38 Å². The molecule has 4 rings (SSSR count). The maximum atomic E-state index is 13.3. The molecule has 0 aliphatic carbocycles. The van der Waals surface area contributed by atoms with Crippen LogP contribution in [-0.4, -0.2) is 35.7 Å². The zero-order chi connectivity index (χ0) is 21.1. The minimum atomic E-state index is -0.287. The minimum absolute atomic E-state index is 0.0497. The van der Waals surface area contributed by atoms with E-state index in [1.54, 1.807) is 37.4 Å². The van der Waals surface area contributed by atoms with Crippen LogP contribution in [0, 0.1) is 5.82 Å². The first kappa shape index (κ1) is 20.3. The Morgan fingerprint density at radius 2 is 1.83 bits per heavy atom. The summed E-state index contributed by atoms with van der Waals surface area (Å²) in [6.45, 7) is 0. The molecule has 0 fully saturated rings. The SMILES string of the molecule is COc1ccc(C(=O)CSc2ncnc3scc(-c4ccc(F)cc4)c23)cc1OC. The lowest BCUT2D eigenvalue weighted by molar-refractivity contribution is 0.102. The third-order valence-corrected chi connectivity index (χ3v) is 6.41. The Balaban J connectivity index is 1.61. The molecule has 0 radical (unpaired) electrons. The number of aromatic nitrogens is 2. The second kappa shape index (κ2) is 8.81. The number of ketones is 1. The molecule has 0 amide bonds. The largest absolute Gasteiger partial charge is 0.493 e. The van der Waals surface area contributed by atoms with Crippen LogP contribution in [0.3, 0.4) is 0 Å². The topological polar surface area (TPSA) is 61.3 Å². The molecule has 5 nitrogen and oxygen atoms in total. The summed E-state index contributed by atoms with van der Waals surface area (Å²) in [6, 6.07) is 11.4. The Bertz CT molecular complexity index is 1210. The second-order valence-corrected chi connectivity index (χ2v) is 8.12. The number of methoxy groups -OCH3 is 2. The average Bonchev–Trinajstić information content (AvgIpc) is 3.22. The molecular weight excluding hydrogens is 423 g/mol. The molecule has 152 valence electrons. The van der Waals surface area contributed by atoms with E-state index in [9.17, 15) is 9.18 Å². The van der Waals surface area contributed by atoms with Crippen molar-refractivity contribution in [3.05, 3.63) is 65.6 Å². The van der Waals surface area contributed by atoms with Gasteiger partial charge < -0.3 is 9.47 Å². The van der Waals surface area contributed by atoms with Crippen LogP contribution in [0.5, 0.6) is 11.5 Å². The first-order valence-electron chi connectivity index (χ1n) is 8.97. The van der Waals surface area contributed by atoms with Gasteiger partial charge in [-0.3, -0.25) is 4.79 Å². The molecule has 0 aliphatic heterocycles. The van der Waals surface area contributed by atoms with Crippen LogP contribution in [0.4, 0.5) is 4.39 Å². The standard InChI is InChI=1S/C22H17FN2O3S2/c1-27-18-8-5-14(9-19(18)28-2)17(26)11-30-22-20-16(10-29-21(20)24-12-25-22)13-3-6-15(23)7-4-13/h3-10,12H,11H2,1-2H3. The predicted octanol–water partition coefficient (Wildman–Crippen LogP) is 5.49. The van der Waals surface area contributed by atoms with Gasteiger partial charge in [0.25, 0.3) is 0 Å². The Hall–Kier alpha value is -2.97. The maximum Gasteiger partial charge on any atom is 0.173 e. The monoisotopic (exact) mass is 440 g/mol. The third kappa shape index (κ3) is 4.01. The Kier molecular flexibility index (Phi) is 5.96. The molecule has 2 heterocycles. The lowest BCUT2D eigenvalue weighted by Gasteiger charge is -2.09. The normalized spacial score (nSPS) is 10.9. The first-order valence-corrected chi connectivity index (χ1v) is 10.8. The second-order valence-electron chi connectivity index (χ2n) is 6.30. The smallest absolute Gasteiger partial charge is 0.173 e. The summed E-state index contributed by atoms with van der Waals surface area (Å²) >= 11 is 2.85. The highest BCUT2D eigenvalue weighted by Crippen LogP contribution is 2.38. The molecule has 0 atom stereocenters. The van der Waals surface area contributed by atoms with Gasteiger partial charge in [-0.1, -0.05) is 23.9 Å². The zero-order valence-corrected chi connectivity index (χ0v) is 17.8. The molecular formula is C22H17FN2O3S2. The van der Waals surface area contributed by atoms with Crippen molar-refractivity contribution < 1.29 is 18.7 Å². The van der Waals surface area contributed by atoms with Crippen LogP contribution < -0.4 is 9.47 Å². The van der Waals surface area contributed by atoms with Crippen molar-refractivity contribution in [1.29, 1.82) is 0 Å². The van der Waals surface area contributed by atoms with Crippen LogP contribution >= 0.6 is 23.1 Å². The van der Waals surface area contributed by atoms with E-state index in [4.69, 9.17) is 9.47 Å². The average molecular weight is 441 g/mol. The van der Waals surface area contributed by atoms with E-state index in [2.05, 4.69) is 9.97 Å². The quantitative estimate of drug-likeness (QED) is 0.215. The highest BCUT2D eigenvalue weighted by atomic mass is 32.2. The molecule has 4 aromatic rings. The fourth-order valence-corrected chi connectivity index (χ4v) is 4.91. The lowest BCUT2D eigenvalue weighted by Crippen LogP contribution is -2.04. The highest BCUT2D eigenvalue weighted by molar-refractivity contribution is 8.00. The number of thioether (sulfide) groups is 1. The number of hydrogen-bond acceptors (Lipinski definition) is 7. The summed E-state index contributed by atoms with van der Waals surface area (Å²) in [5, 5.41) is 3.57. The zero-order valence-electron chi connectivity index (χ0n) is 16.2. The Morgan fingerprint density at radius 3 is 2.57 bits per heavy atom. The summed E-state index contributed by atoms with van der Waals surface area (Å²) in [4.78, 5) is 22.3. The number of halogens is 1. The van der Waals surface area contributed by atoms with Crippen molar-refractivity contribution in [2.24, 2.45) is 0 Å². The van der Waals surface area contributed by atoms with Gasteiger partial charge in [0, 0.05) is 16.5 Å². The number of carbonyl (C=O) groups is 1. The van der Waals surface area contributed by atoms with Gasteiger partial charge in [-0.2, -0.15) is 0 Å². The first-order chi connectivity index (χ1) is 14.6. The molecule has 2 aromatic carbocycles. The molecule has 0 saturated carbocycles. The summed E-state index contributed by atoms with van der Waals surface area (Å²) in [6.07, 6.45) is 1.50. The molecule has 8 heteroatoms. The van der Waals surface area contributed by atoms with E-state index >= 15 is 0 Å². The maximum absolute atomic E-state index is 13.3. The number of Topliss-reactive ketones (excluding diaryl/α,β-unsaturated/α-hetero) is 1. The number of hydrogen-bond donors (Lipinski definition) is 0. The van der Waals surface area contributed by atoms with Crippen molar-refractivity contribution in [3.8, 4) is 22.6 Å². The van der Waals surface area contributed by atoms with Gasteiger partial charge in [0.15, 0.2) is 17.3 Å². The molecule has 0 N–H and O–H groups in total. The van der Waals surface area contributed by atoms with Gasteiger partial charge in [-0.05, 0) is 35.9 Å². The number of rotatable bonds is 7. The van der Waals surface area contributed by atoms with Gasteiger partial charge in [-0.15, -0.1) is 11.3 Å². The van der Waals surface area contributed by atoms with Crippen LogP contribution in [0.25, 0.3) is 21.3 Å². The fourth-order valence-electron chi connectivity index (χ4n) is 3.03. The van der Waals surface area contributed by atoms with Crippen molar-refractivity contribution in [3.63, 3.8) is 0 Å². The van der Waals surface area contributed by atoms with Gasteiger partial charge >= 0.3 is 0 Å². The fraction of sp³-hybridized carbons (Fsp3) is 0.136. The van der Waals surface area contributed by atoms with Crippen molar-refractivity contribution >= 4 is 39.1 Å². The van der Waals surface area contributed by atoms with Crippen LogP contribution in [0.15, 0.2) is 59.2 Å². The van der Waals surface area contributed by atoms with Crippen LogP contribution in [0.1, 0.15) is 10.4 Å². The minimum Gasteiger partial charge on any atom is -0.493 e. The summed E-state index contributed by atoms with van der Waals surface area (Å²) in [5.41, 5.74) is 2.34. The van der Waals surface area contributed by atoms with Crippen molar-refractivity contribution in [2.75, 3.05) is 20.0 Å². The van der Waals surface area contributed by atoms with Gasteiger partial charge in [0.2, 0.25) is 0 Å². The summed E-state index contributed by atoms with van der Waals surface area (Å²) in [7, 11) is 3.08. The molecule has 2 aromatic heterocycles. The van der Waals surface area contributed by atoms with E-state index in [1.165, 1.54) is 48.7 Å². The van der Waals surface area contributed by atoms with Crippen molar-refractivity contribution in [1.82, 2.24) is 9.97 Å². The summed E-state index contributed by atoms with van der Waals surface area (Å²) < 4.78 is 23.8. The number of thiophene rings is 1. The number of benzene rings is 2. The van der Waals surface area contributed by atoms with Gasteiger partial charge in [0.05, 0.1) is 25.4 Å². The van der Waals surface area contributed by atoms with E-state index < -0.39 is 0 Å². The van der Waals surface area contributed by atoms with Crippen LogP contribution in [0.2, 0.25) is 0 Å². The van der Waals surface area contributed by atoms with E-state index in [0.29, 0.717) is 17.1 Å². The van der Waals surface area contributed by atoms with Gasteiger partial charge in [-0.25, -0.2) is 14.4 Å². The molecule has 0 bridgehead atoms. The number of nitrogens with zero attached hydrogens (tertiary/aromatic N) is 2. The molecule has 0 unspecified atom stereocenters. The molecule has 0 aliphatic rings. The Morgan fingerprint density at radius 1 is 1.07 bits per heavy atom. The highest BCUT2D eigenvalue weighted by Gasteiger charge is 2.16. The van der Waals surface area contributed by atoms with E-state index in [-0.39, 0.29) is 17.4 Å². The van der Waals surface area contributed by atoms with Crippen molar-refractivity contribution in [2.45, 2.75) is 5.03 Å². The summed E-state index contributed by atoms with van der Waals surface area (Å²) in [5.74, 6) is 0.951. The predicted molar refractivity (Wildman–Crippen MR) is 117 cm³/mol. The lowest BCUT2D eigenvalue weighted by atomic mass is 10.1. The van der Waals surface area contributed by atoms with E-state index in [0.717, 1.165) is 26.4 Å². The number of ether oxygens (including phenoxy) is 2. The van der Waals surface area contributed by atoms with Gasteiger partial charge in [0.1, 0.15) is 22.0 Å². The van der Waals surface area contributed by atoms with Crippen LogP contribution in [-0.2, 0) is 0 Å². The number of carbonyl (C=O) groups excluding carboxylic acids is 1. The molecule has 0 spiro atoms. The third-order valence-electron chi connectivity index (χ3n) is 4.54. The Labute approximate surface area is 180 Å². The molecule has 0 saturated heterocycles. The number of fused-ring (bicyclic) bond motifs is 1. The molecule has 30 heavy (non-hydrogen) atoms.